The molecule has 1 atom stereocenters. The van der Waals surface area contributed by atoms with Crippen LogP contribution in [0.4, 0.5) is 5.69 Å². The van der Waals surface area contributed by atoms with Crippen molar-refractivity contribution in [2.24, 2.45) is 0 Å². The van der Waals surface area contributed by atoms with E-state index < -0.39 is 0 Å². The summed E-state index contributed by atoms with van der Waals surface area (Å²) in [5.74, 6) is 0.0525. The molecule has 3 aromatic rings. The second kappa shape index (κ2) is 7.45. The number of nitrogens with one attached hydrogen (secondary N) is 2. The first-order valence-electron chi connectivity index (χ1n) is 7.98. The summed E-state index contributed by atoms with van der Waals surface area (Å²) in [6.45, 7) is 2.55. The van der Waals surface area contributed by atoms with Crippen LogP contribution < -0.4 is 11.1 Å². The molecule has 0 fully saturated rings. The second-order valence-electron chi connectivity index (χ2n) is 5.73. The molecule has 2 aromatic carbocycles. The highest BCUT2D eigenvalue weighted by Gasteiger charge is 2.14. The molecular formula is C19H21N3OS. The molecule has 0 saturated carbocycles. The van der Waals surface area contributed by atoms with Crippen LogP contribution in [0.25, 0.3) is 10.9 Å². The Morgan fingerprint density at radius 1 is 1.21 bits per heavy atom. The first-order chi connectivity index (χ1) is 11.6. The SMILES string of the molecule is CC(Sc1ccc(N)cc1)C(=O)NCCc1c[nH]c2ccccc12. The molecule has 0 saturated heterocycles. The van der Waals surface area contributed by atoms with E-state index in [0.717, 1.165) is 22.5 Å². The third kappa shape index (κ3) is 3.92. The van der Waals surface area contributed by atoms with Crippen LogP contribution in [0.1, 0.15) is 12.5 Å². The van der Waals surface area contributed by atoms with Crippen molar-refractivity contribution in [3.8, 4) is 0 Å². The molecule has 1 unspecified atom stereocenters. The van der Waals surface area contributed by atoms with E-state index in [-0.39, 0.29) is 11.2 Å². The average Bonchev–Trinajstić information content (AvgIpc) is 3.00. The molecule has 0 spiro atoms. The third-order valence-corrected chi connectivity index (χ3v) is 5.04. The number of carbonyl (C=O) groups is 1. The van der Waals surface area contributed by atoms with Crippen LogP contribution >= 0.6 is 11.8 Å². The molecule has 0 aliphatic heterocycles. The van der Waals surface area contributed by atoms with Gasteiger partial charge in [0, 0.05) is 34.2 Å². The fourth-order valence-corrected chi connectivity index (χ4v) is 3.50. The summed E-state index contributed by atoms with van der Waals surface area (Å²) >= 11 is 1.54. The van der Waals surface area contributed by atoms with Gasteiger partial charge in [-0.2, -0.15) is 0 Å². The number of nitrogens with two attached hydrogens (primary N) is 1. The average molecular weight is 339 g/mol. The molecule has 4 nitrogen and oxygen atoms in total. The summed E-state index contributed by atoms with van der Waals surface area (Å²) < 4.78 is 0. The summed E-state index contributed by atoms with van der Waals surface area (Å²) in [7, 11) is 0. The molecular weight excluding hydrogens is 318 g/mol. The van der Waals surface area contributed by atoms with Gasteiger partial charge in [0.15, 0.2) is 0 Å². The van der Waals surface area contributed by atoms with Crippen LogP contribution in [0.5, 0.6) is 0 Å². The van der Waals surface area contributed by atoms with E-state index in [4.69, 9.17) is 5.73 Å². The summed E-state index contributed by atoms with van der Waals surface area (Å²) in [4.78, 5) is 16.5. The Morgan fingerprint density at radius 3 is 2.75 bits per heavy atom. The largest absolute Gasteiger partial charge is 0.399 e. The minimum atomic E-state index is -0.142. The maximum absolute atomic E-state index is 12.2. The number of hydrogen-bond donors (Lipinski definition) is 3. The second-order valence-corrected chi connectivity index (χ2v) is 7.14. The number of para-hydroxylation sites is 1. The maximum atomic E-state index is 12.2. The molecule has 1 heterocycles. The highest BCUT2D eigenvalue weighted by molar-refractivity contribution is 8.00. The normalized spacial score (nSPS) is 12.2. The number of amides is 1. The number of aromatic nitrogens is 1. The van der Waals surface area contributed by atoms with E-state index in [2.05, 4.69) is 22.4 Å². The Kier molecular flexibility index (Phi) is 5.11. The molecule has 1 amide bonds. The summed E-state index contributed by atoms with van der Waals surface area (Å²) in [6.07, 6.45) is 2.83. The zero-order chi connectivity index (χ0) is 16.9. The van der Waals surface area contributed by atoms with Crippen molar-refractivity contribution in [1.29, 1.82) is 0 Å². The lowest BCUT2D eigenvalue weighted by Crippen LogP contribution is -2.32. The van der Waals surface area contributed by atoms with Crippen molar-refractivity contribution in [1.82, 2.24) is 10.3 Å². The van der Waals surface area contributed by atoms with Crippen LogP contribution in [0.3, 0.4) is 0 Å². The van der Waals surface area contributed by atoms with Crippen molar-refractivity contribution in [2.75, 3.05) is 12.3 Å². The van der Waals surface area contributed by atoms with Gasteiger partial charge in [-0.3, -0.25) is 4.79 Å². The Bertz CT molecular complexity index is 826. The minimum absolute atomic E-state index is 0.0525. The topological polar surface area (TPSA) is 70.9 Å². The van der Waals surface area contributed by atoms with Gasteiger partial charge in [0.25, 0.3) is 0 Å². The van der Waals surface area contributed by atoms with Crippen molar-refractivity contribution in [3.05, 3.63) is 60.3 Å². The fraction of sp³-hybridized carbons (Fsp3) is 0.211. The number of rotatable bonds is 6. The number of hydrogen-bond acceptors (Lipinski definition) is 3. The Hall–Kier alpha value is -2.40. The Balaban J connectivity index is 1.50. The predicted octanol–water partition coefficient (Wildman–Crippen LogP) is 3.59. The van der Waals surface area contributed by atoms with Gasteiger partial charge in [0.1, 0.15) is 0 Å². The number of aromatic amines is 1. The zero-order valence-electron chi connectivity index (χ0n) is 13.6. The smallest absolute Gasteiger partial charge is 0.233 e. The number of H-pyrrole nitrogens is 1. The van der Waals surface area contributed by atoms with Crippen molar-refractivity contribution in [2.45, 2.75) is 23.5 Å². The van der Waals surface area contributed by atoms with E-state index >= 15 is 0 Å². The lowest BCUT2D eigenvalue weighted by molar-refractivity contribution is -0.120. The van der Waals surface area contributed by atoms with E-state index in [1.54, 1.807) is 0 Å². The van der Waals surface area contributed by atoms with Crippen LogP contribution in [0.15, 0.2) is 59.6 Å². The van der Waals surface area contributed by atoms with Gasteiger partial charge in [-0.05, 0) is 49.2 Å². The van der Waals surface area contributed by atoms with Gasteiger partial charge >= 0.3 is 0 Å². The van der Waals surface area contributed by atoms with Crippen molar-refractivity contribution in [3.63, 3.8) is 0 Å². The van der Waals surface area contributed by atoms with E-state index in [1.165, 1.54) is 22.7 Å². The third-order valence-electron chi connectivity index (χ3n) is 3.93. The molecule has 24 heavy (non-hydrogen) atoms. The van der Waals surface area contributed by atoms with Crippen LogP contribution in [-0.2, 0) is 11.2 Å². The highest BCUT2D eigenvalue weighted by Crippen LogP contribution is 2.24. The predicted molar refractivity (Wildman–Crippen MR) is 101 cm³/mol. The van der Waals surface area contributed by atoms with Gasteiger partial charge in [0.05, 0.1) is 5.25 Å². The number of anilines is 1. The standard InChI is InChI=1S/C19H21N3OS/c1-13(24-16-8-6-15(20)7-9-16)19(23)21-11-10-14-12-22-18-5-3-2-4-17(14)18/h2-9,12-13,22H,10-11,20H2,1H3,(H,21,23). The van der Waals surface area contributed by atoms with Gasteiger partial charge in [-0.15, -0.1) is 11.8 Å². The van der Waals surface area contributed by atoms with E-state index in [9.17, 15) is 4.79 Å². The molecule has 5 heteroatoms. The number of thioether (sulfide) groups is 1. The van der Waals surface area contributed by atoms with Crippen LogP contribution in [0, 0.1) is 0 Å². The van der Waals surface area contributed by atoms with Crippen LogP contribution in [-0.4, -0.2) is 22.7 Å². The van der Waals surface area contributed by atoms with Gasteiger partial charge < -0.3 is 16.0 Å². The molecule has 4 N–H and O–H groups in total. The maximum Gasteiger partial charge on any atom is 0.233 e. The van der Waals surface area contributed by atoms with E-state index in [1.807, 2.05) is 49.5 Å². The Morgan fingerprint density at radius 2 is 1.96 bits per heavy atom. The molecule has 0 aliphatic carbocycles. The molecule has 3 rings (SSSR count). The first kappa shape index (κ1) is 16.5. The lowest BCUT2D eigenvalue weighted by atomic mass is 10.1. The molecule has 0 radical (unpaired) electrons. The minimum Gasteiger partial charge on any atom is -0.399 e. The van der Waals surface area contributed by atoms with Gasteiger partial charge in [0.2, 0.25) is 5.91 Å². The Labute approximate surface area is 145 Å². The number of nitrogen functional groups attached to an aromatic ring is 1. The van der Waals surface area contributed by atoms with E-state index in [0.29, 0.717) is 6.54 Å². The molecule has 0 aliphatic rings. The summed E-state index contributed by atoms with van der Waals surface area (Å²) in [5, 5.41) is 4.10. The number of carbonyl (C=O) groups excluding carboxylic acids is 1. The monoisotopic (exact) mass is 339 g/mol. The number of fused-ring (bicyclic) bond motifs is 1. The quantitative estimate of drug-likeness (QED) is 0.475. The summed E-state index contributed by atoms with van der Waals surface area (Å²) in [5.41, 5.74) is 8.77. The van der Waals surface area contributed by atoms with Crippen LogP contribution in [0.2, 0.25) is 0 Å². The molecule has 0 bridgehead atoms. The number of benzene rings is 2. The first-order valence-corrected chi connectivity index (χ1v) is 8.86. The lowest BCUT2D eigenvalue weighted by Gasteiger charge is -2.12. The van der Waals surface area contributed by atoms with Crippen molar-refractivity contribution >= 4 is 34.3 Å². The molecule has 124 valence electrons. The highest BCUT2D eigenvalue weighted by atomic mass is 32.2. The van der Waals surface area contributed by atoms with Crippen molar-refractivity contribution < 1.29 is 4.79 Å². The summed E-state index contributed by atoms with van der Waals surface area (Å²) in [6, 6.07) is 15.8. The zero-order valence-corrected chi connectivity index (χ0v) is 14.4. The van der Waals surface area contributed by atoms with Gasteiger partial charge in [-0.25, -0.2) is 0 Å². The fourth-order valence-electron chi connectivity index (χ4n) is 2.61. The van der Waals surface area contributed by atoms with Gasteiger partial charge in [-0.1, -0.05) is 18.2 Å². The molecule has 1 aromatic heterocycles.